The van der Waals surface area contributed by atoms with Crippen molar-refractivity contribution in [3.05, 3.63) is 0 Å². The van der Waals surface area contributed by atoms with Crippen molar-refractivity contribution in [3.8, 4) is 0 Å². The molecule has 0 radical (unpaired) electrons. The maximum absolute atomic E-state index is 11.7. The fourth-order valence-electron chi connectivity index (χ4n) is 2.65. The van der Waals surface area contributed by atoms with Crippen LogP contribution < -0.4 is 11.1 Å². The van der Waals surface area contributed by atoms with E-state index in [0.717, 1.165) is 12.8 Å². The number of aliphatic hydroxyl groups is 4. The largest absolute Gasteiger partial charge is 0.394 e. The van der Waals surface area contributed by atoms with Crippen molar-refractivity contribution in [2.24, 2.45) is 5.73 Å². The number of amides is 1. The second kappa shape index (κ2) is 12.3. The minimum Gasteiger partial charge on any atom is -0.394 e. The zero-order valence-corrected chi connectivity index (χ0v) is 15.6. The number of ether oxygens (including phenoxy) is 2. The highest BCUT2D eigenvalue weighted by molar-refractivity contribution is 5.81. The third kappa shape index (κ3) is 8.18. The van der Waals surface area contributed by atoms with Gasteiger partial charge in [0.05, 0.1) is 19.3 Å². The van der Waals surface area contributed by atoms with Gasteiger partial charge in [-0.05, 0) is 32.6 Å². The highest BCUT2D eigenvalue weighted by Gasteiger charge is 2.43. The zero-order valence-electron chi connectivity index (χ0n) is 15.6. The van der Waals surface area contributed by atoms with Crippen LogP contribution in [0.1, 0.15) is 39.0 Å². The molecule has 0 unspecified atom stereocenters. The summed E-state index contributed by atoms with van der Waals surface area (Å²) in [6, 6.07) is -0.444. The lowest BCUT2D eigenvalue weighted by molar-refractivity contribution is -0.301. The molecule has 0 aromatic heterocycles. The first-order chi connectivity index (χ1) is 12.8. The Bertz CT molecular complexity index is 462. The molecule has 0 aliphatic carbocycles. The van der Waals surface area contributed by atoms with E-state index in [9.17, 15) is 24.9 Å². The normalized spacial score (nSPS) is 29.3. The standard InChI is InChI=1S/C17H32N2O8/c1-10(21)11(18)5-2-3-7-19-13(22)6-4-8-26-17-16(25)15(24)14(23)12(9-20)27-17/h11-12,14-17,20,23-25H,2-9,18H2,1H3,(H,19,22)/t11-,12+,14-,15-,16+,17+/m0/s1. The van der Waals surface area contributed by atoms with Gasteiger partial charge in [0.25, 0.3) is 0 Å². The first-order valence-electron chi connectivity index (χ1n) is 9.22. The number of nitrogens with two attached hydrogens (primary N) is 1. The summed E-state index contributed by atoms with van der Waals surface area (Å²) < 4.78 is 10.5. The highest BCUT2D eigenvalue weighted by atomic mass is 16.7. The number of ketones is 1. The number of Topliss-reactive ketones (excluding diaryl/α,β-unsaturated/α-hetero) is 1. The molecule has 27 heavy (non-hydrogen) atoms. The van der Waals surface area contributed by atoms with Crippen LogP contribution in [-0.4, -0.2) is 88.6 Å². The van der Waals surface area contributed by atoms with Crippen molar-refractivity contribution < 1.29 is 39.5 Å². The summed E-state index contributed by atoms with van der Waals surface area (Å²) >= 11 is 0. The van der Waals surface area contributed by atoms with Gasteiger partial charge in [0.1, 0.15) is 30.2 Å². The van der Waals surface area contributed by atoms with Gasteiger partial charge in [-0.1, -0.05) is 0 Å². The van der Waals surface area contributed by atoms with Crippen LogP contribution in [0, 0.1) is 0 Å². The fourth-order valence-corrected chi connectivity index (χ4v) is 2.65. The summed E-state index contributed by atoms with van der Waals surface area (Å²) in [7, 11) is 0. The molecule has 10 heteroatoms. The Morgan fingerprint density at radius 1 is 1.15 bits per heavy atom. The van der Waals surface area contributed by atoms with E-state index in [-0.39, 0.29) is 24.7 Å². The Labute approximate surface area is 158 Å². The molecule has 1 aliphatic heterocycles. The maximum atomic E-state index is 11.7. The number of hydrogen-bond acceptors (Lipinski definition) is 9. The molecular weight excluding hydrogens is 360 g/mol. The summed E-state index contributed by atoms with van der Waals surface area (Å²) in [6.45, 7) is 1.53. The van der Waals surface area contributed by atoms with E-state index in [1.165, 1.54) is 6.92 Å². The maximum Gasteiger partial charge on any atom is 0.220 e. The van der Waals surface area contributed by atoms with E-state index in [4.69, 9.17) is 20.3 Å². The Balaban J connectivity index is 2.13. The Morgan fingerprint density at radius 3 is 2.48 bits per heavy atom. The van der Waals surface area contributed by atoms with Crippen molar-refractivity contribution in [2.75, 3.05) is 19.8 Å². The number of carbonyl (C=O) groups is 2. The predicted octanol–water partition coefficient (Wildman–Crippen LogP) is -2.21. The summed E-state index contributed by atoms with van der Waals surface area (Å²) in [6.07, 6.45) is -3.91. The van der Waals surface area contributed by atoms with Crippen molar-refractivity contribution in [2.45, 2.75) is 75.8 Å². The van der Waals surface area contributed by atoms with E-state index >= 15 is 0 Å². The molecule has 1 heterocycles. The highest BCUT2D eigenvalue weighted by Crippen LogP contribution is 2.22. The van der Waals surface area contributed by atoms with Crippen molar-refractivity contribution in [1.29, 1.82) is 0 Å². The second-order valence-corrected chi connectivity index (χ2v) is 6.73. The molecule has 1 fully saturated rings. The molecule has 1 amide bonds. The van der Waals surface area contributed by atoms with Gasteiger partial charge in [0.2, 0.25) is 5.91 Å². The molecule has 1 saturated heterocycles. The number of carbonyl (C=O) groups excluding carboxylic acids is 2. The van der Waals surface area contributed by atoms with E-state index in [0.29, 0.717) is 19.4 Å². The molecule has 6 atom stereocenters. The van der Waals surface area contributed by atoms with Crippen LogP contribution in [0.4, 0.5) is 0 Å². The fraction of sp³-hybridized carbons (Fsp3) is 0.882. The van der Waals surface area contributed by atoms with Crippen LogP contribution in [0.25, 0.3) is 0 Å². The van der Waals surface area contributed by atoms with Crippen LogP contribution in [0.3, 0.4) is 0 Å². The smallest absolute Gasteiger partial charge is 0.220 e. The van der Waals surface area contributed by atoms with Crippen molar-refractivity contribution in [3.63, 3.8) is 0 Å². The first kappa shape index (κ1) is 23.9. The Kier molecular flexibility index (Phi) is 10.9. The topological polar surface area (TPSA) is 172 Å². The average Bonchev–Trinajstić information content (AvgIpc) is 2.64. The molecule has 0 bridgehead atoms. The predicted molar refractivity (Wildman–Crippen MR) is 94.5 cm³/mol. The van der Waals surface area contributed by atoms with Crippen molar-refractivity contribution in [1.82, 2.24) is 5.32 Å². The average molecular weight is 392 g/mol. The summed E-state index contributed by atoms with van der Waals surface area (Å²) in [5.41, 5.74) is 5.62. The third-order valence-corrected chi connectivity index (χ3v) is 4.46. The minimum atomic E-state index is -1.49. The van der Waals surface area contributed by atoms with Gasteiger partial charge in [-0.15, -0.1) is 0 Å². The van der Waals surface area contributed by atoms with E-state index < -0.39 is 43.4 Å². The molecule has 10 nitrogen and oxygen atoms in total. The van der Waals surface area contributed by atoms with Gasteiger partial charge >= 0.3 is 0 Å². The van der Waals surface area contributed by atoms with Crippen LogP contribution >= 0.6 is 0 Å². The molecule has 7 N–H and O–H groups in total. The summed E-state index contributed by atoms with van der Waals surface area (Å²) in [5.74, 6) is -0.193. The molecule has 158 valence electrons. The van der Waals surface area contributed by atoms with Crippen LogP contribution in [0.5, 0.6) is 0 Å². The molecule has 0 spiro atoms. The van der Waals surface area contributed by atoms with Gasteiger partial charge in [0.15, 0.2) is 6.29 Å². The molecular formula is C17H32N2O8. The first-order valence-corrected chi connectivity index (χ1v) is 9.22. The summed E-state index contributed by atoms with van der Waals surface area (Å²) in [5, 5.41) is 41.0. The monoisotopic (exact) mass is 392 g/mol. The van der Waals surface area contributed by atoms with Gasteiger partial charge in [-0.25, -0.2) is 0 Å². The second-order valence-electron chi connectivity index (χ2n) is 6.73. The van der Waals surface area contributed by atoms with Crippen LogP contribution in [-0.2, 0) is 19.1 Å². The van der Waals surface area contributed by atoms with Gasteiger partial charge in [-0.3, -0.25) is 9.59 Å². The third-order valence-electron chi connectivity index (χ3n) is 4.46. The molecule has 0 aromatic carbocycles. The quantitative estimate of drug-likeness (QED) is 0.201. The number of nitrogens with one attached hydrogen (secondary N) is 1. The lowest BCUT2D eigenvalue weighted by atomic mass is 9.99. The van der Waals surface area contributed by atoms with Crippen molar-refractivity contribution >= 4 is 11.7 Å². The number of hydrogen-bond donors (Lipinski definition) is 6. The van der Waals surface area contributed by atoms with E-state index in [1.54, 1.807) is 0 Å². The van der Waals surface area contributed by atoms with E-state index in [2.05, 4.69) is 5.32 Å². The van der Waals surface area contributed by atoms with Gasteiger partial charge in [-0.2, -0.15) is 0 Å². The lowest BCUT2D eigenvalue weighted by Crippen LogP contribution is -2.59. The SMILES string of the molecule is CC(=O)[C@@H](N)CCCCNC(=O)CCCO[C@@H]1O[C@H](CO)[C@H](O)[C@H](O)[C@H]1O. The Hall–Kier alpha value is -1.14. The number of unbranched alkanes of at least 4 members (excludes halogenated alkanes) is 1. The minimum absolute atomic E-state index is 0.0431. The number of rotatable bonds is 12. The summed E-state index contributed by atoms with van der Waals surface area (Å²) in [4.78, 5) is 22.7. The van der Waals surface area contributed by atoms with E-state index in [1.807, 2.05) is 0 Å². The lowest BCUT2D eigenvalue weighted by Gasteiger charge is -2.39. The molecule has 0 saturated carbocycles. The van der Waals surface area contributed by atoms with Crippen LogP contribution in [0.15, 0.2) is 0 Å². The molecule has 0 aromatic rings. The Morgan fingerprint density at radius 2 is 1.85 bits per heavy atom. The number of aliphatic hydroxyl groups excluding tert-OH is 4. The zero-order chi connectivity index (χ0) is 20.4. The van der Waals surface area contributed by atoms with Crippen LogP contribution in [0.2, 0.25) is 0 Å². The van der Waals surface area contributed by atoms with Gasteiger partial charge in [0, 0.05) is 13.0 Å². The molecule has 1 aliphatic rings. The van der Waals surface area contributed by atoms with Gasteiger partial charge < -0.3 is 41.0 Å². The molecule has 1 rings (SSSR count).